The van der Waals surface area contributed by atoms with Crippen LogP contribution in [0.2, 0.25) is 0 Å². The second kappa shape index (κ2) is 32.1. The zero-order valence-electron chi connectivity index (χ0n) is 47.7. The minimum absolute atomic E-state index is 0.00651. The van der Waals surface area contributed by atoms with Crippen LogP contribution in [0.15, 0.2) is 18.2 Å². The summed E-state index contributed by atoms with van der Waals surface area (Å²) in [6.45, 7) is 25.3. The molecule has 0 saturated carbocycles. The average molecular weight is 1090 g/mol. The molecule has 0 aromatic heterocycles. The summed E-state index contributed by atoms with van der Waals surface area (Å²) in [5, 5.41) is 32.1. The molecule has 0 radical (unpaired) electrons. The van der Waals surface area contributed by atoms with E-state index in [1.807, 2.05) is 69.2 Å². The molecule has 3 amide bonds. The van der Waals surface area contributed by atoms with Gasteiger partial charge in [0.15, 0.2) is 6.10 Å². The van der Waals surface area contributed by atoms with Gasteiger partial charge in [-0.3, -0.25) is 14.4 Å². The third kappa shape index (κ3) is 30.7. The fraction of sp³-hybridized carbons (Fsp3) is 0.796. The highest BCUT2D eigenvalue weighted by Gasteiger charge is 2.35. The summed E-state index contributed by atoms with van der Waals surface area (Å²) in [7, 11) is 1.67. The molecule has 4 unspecified atom stereocenters. The van der Waals surface area contributed by atoms with E-state index in [9.17, 15) is 38.6 Å². The van der Waals surface area contributed by atoms with Gasteiger partial charge in [-0.25, -0.2) is 9.59 Å². The summed E-state index contributed by atoms with van der Waals surface area (Å²) < 4.78 is 63.8. The summed E-state index contributed by atoms with van der Waals surface area (Å²) >= 11 is 0. The lowest BCUT2D eigenvalue weighted by atomic mass is 10.00. The minimum Gasteiger partial charge on any atom is -0.479 e. The molecule has 0 aliphatic carbocycles. The van der Waals surface area contributed by atoms with E-state index in [-0.39, 0.29) is 85.1 Å². The minimum atomic E-state index is -1.99. The van der Waals surface area contributed by atoms with Crippen LogP contribution in [0.3, 0.4) is 0 Å². The van der Waals surface area contributed by atoms with Crippen molar-refractivity contribution in [3.05, 3.63) is 29.3 Å². The van der Waals surface area contributed by atoms with Crippen LogP contribution in [0, 0.1) is 0 Å². The molecule has 1 saturated heterocycles. The van der Waals surface area contributed by atoms with Crippen molar-refractivity contribution in [2.45, 2.75) is 212 Å². The average Bonchev–Trinajstić information content (AvgIpc) is 3.29. The molecule has 76 heavy (non-hydrogen) atoms. The number of aliphatic carboxylic acids is 1. The Balaban J connectivity index is 1.85. The third-order valence-electron chi connectivity index (χ3n) is 12.6. The lowest BCUT2D eigenvalue weighted by Gasteiger charge is -2.31. The van der Waals surface area contributed by atoms with Gasteiger partial charge in [0.05, 0.1) is 53.9 Å². The number of aliphatic hydroxyl groups excluding tert-OH is 1. The van der Waals surface area contributed by atoms with E-state index < -0.39 is 65.7 Å². The number of carboxylic acid groups (broad SMARTS) is 1. The number of nitrogens with two attached hydrogens (primary N) is 1. The van der Waals surface area contributed by atoms with Crippen molar-refractivity contribution in [1.29, 1.82) is 0 Å². The highest BCUT2D eigenvalue weighted by molar-refractivity contribution is 5.97. The van der Waals surface area contributed by atoms with Crippen molar-refractivity contribution in [3.63, 3.8) is 0 Å². The Labute approximate surface area is 450 Å². The summed E-state index contributed by atoms with van der Waals surface area (Å²) in [4.78, 5) is 61.9. The van der Waals surface area contributed by atoms with Gasteiger partial charge < -0.3 is 79.8 Å². The highest BCUT2D eigenvalue weighted by Crippen LogP contribution is 2.28. The number of hydrogen-bond donors (Lipinski definition) is 7. The zero-order valence-corrected chi connectivity index (χ0v) is 47.7. The first-order chi connectivity index (χ1) is 35.2. The van der Waals surface area contributed by atoms with E-state index >= 15 is 0 Å². The molecule has 21 nitrogen and oxygen atoms in total. The summed E-state index contributed by atoms with van der Waals surface area (Å²) in [5.41, 5.74) is 2.89. The normalized spacial score (nSPS) is 17.2. The maximum Gasteiger partial charge on any atom is 0.495 e. The van der Waals surface area contributed by atoms with Crippen molar-refractivity contribution < 1.29 is 81.2 Å². The molecule has 1 aromatic rings. The van der Waals surface area contributed by atoms with E-state index in [1.54, 1.807) is 7.11 Å². The second-order valence-corrected chi connectivity index (χ2v) is 23.1. The van der Waals surface area contributed by atoms with Gasteiger partial charge in [-0.05, 0) is 152 Å². The fourth-order valence-electron chi connectivity index (χ4n) is 7.55. The van der Waals surface area contributed by atoms with Crippen LogP contribution in [0.4, 0.5) is 9.18 Å². The van der Waals surface area contributed by atoms with Gasteiger partial charge in [-0.2, -0.15) is 0 Å². The number of ether oxygens (including phenoxy) is 9. The summed E-state index contributed by atoms with van der Waals surface area (Å²) in [6, 6.07) is 3.97. The molecule has 2 rings (SSSR count). The largest absolute Gasteiger partial charge is 0.495 e. The maximum atomic E-state index is 13.5. The van der Waals surface area contributed by atoms with E-state index in [2.05, 4.69) is 39.9 Å². The number of rotatable bonds is 39. The Kier molecular flexibility index (Phi) is 28.7. The molecule has 1 heterocycles. The number of aliphatic hydroxyl groups is 1. The SMILES string of the molecule is COCCC(C)(C)OCCC(C)(C)OCC(=O)NC(CCCCNC(=O)COC(C)(C)CCOC(C)(C)CCNC(=O)c1cc(COC(=O)F)ccc1OC1CC(O)CC(C(=O)O)O1)CNC(C)(C)CCOC(C)(C)N. The quantitative estimate of drug-likeness (QED) is 0.0227. The molecule has 0 bridgehead atoms. The first-order valence-corrected chi connectivity index (χ1v) is 26.4. The smallest absolute Gasteiger partial charge is 0.479 e. The molecule has 4 atom stereocenters. The van der Waals surface area contributed by atoms with Crippen molar-refractivity contribution in [3.8, 4) is 5.75 Å². The van der Waals surface area contributed by atoms with Gasteiger partial charge in [-0.15, -0.1) is 4.39 Å². The van der Waals surface area contributed by atoms with Crippen LogP contribution in [-0.2, 0) is 58.9 Å². The third-order valence-corrected chi connectivity index (χ3v) is 12.6. The van der Waals surface area contributed by atoms with Crippen LogP contribution >= 0.6 is 0 Å². The number of methoxy groups -OCH3 is 1. The summed E-state index contributed by atoms with van der Waals surface area (Å²) in [5.74, 6) is -2.34. The Morgan fingerprint density at radius 1 is 0.737 bits per heavy atom. The van der Waals surface area contributed by atoms with Crippen LogP contribution in [0.5, 0.6) is 5.75 Å². The molecule has 1 aromatic carbocycles. The standard InChI is InChI=1S/C54H94FN5O16/c1-49(2,20-27-72-54(11,12)56)59-33-38(60-44(63)36-74-53(9,10)23-29-71-51(5,6)21-26-68-13)16-14-15-24-57-43(62)35-73-52(7,8)22-28-70-50(3,4)19-25-58-46(64)40-30-37(34-69-48(55)67)17-18-41(40)75-45-32-39(61)31-42(76-45)47(65)66/h17-18,30,38-39,42,45,59,61H,14-16,19-29,31-36,56H2,1-13H3,(H,57,62)(H,58,64)(H,60,63)(H,65,66). The zero-order chi connectivity index (χ0) is 57.4. The monoisotopic (exact) mass is 1090 g/mol. The molecular formula is C54H94FN5O16. The predicted molar refractivity (Wildman–Crippen MR) is 282 cm³/mol. The van der Waals surface area contributed by atoms with Gasteiger partial charge in [0.2, 0.25) is 18.1 Å². The Morgan fingerprint density at radius 2 is 1.32 bits per heavy atom. The van der Waals surface area contributed by atoms with E-state index in [4.69, 9.17) is 43.6 Å². The molecule has 1 aliphatic heterocycles. The van der Waals surface area contributed by atoms with Crippen LogP contribution in [0.25, 0.3) is 0 Å². The molecule has 22 heteroatoms. The number of carbonyl (C=O) groups excluding carboxylic acids is 4. The molecule has 1 aliphatic rings. The second-order valence-electron chi connectivity index (χ2n) is 23.1. The van der Waals surface area contributed by atoms with Gasteiger partial charge in [-0.1, -0.05) is 6.07 Å². The molecule has 8 N–H and O–H groups in total. The lowest BCUT2D eigenvalue weighted by molar-refractivity contribution is -0.195. The predicted octanol–water partition coefficient (Wildman–Crippen LogP) is 5.98. The number of halogens is 1. The van der Waals surface area contributed by atoms with E-state index in [0.29, 0.717) is 71.4 Å². The van der Waals surface area contributed by atoms with Crippen LogP contribution < -0.4 is 31.7 Å². The van der Waals surface area contributed by atoms with Gasteiger partial charge in [0, 0.05) is 57.8 Å². The molecular weight excluding hydrogens is 994 g/mol. The van der Waals surface area contributed by atoms with Gasteiger partial charge >= 0.3 is 12.2 Å². The Hall–Kier alpha value is -4.10. The Bertz CT molecular complexity index is 1940. The maximum absolute atomic E-state index is 13.5. The molecule has 0 spiro atoms. The van der Waals surface area contributed by atoms with E-state index in [0.717, 1.165) is 12.8 Å². The van der Waals surface area contributed by atoms with Gasteiger partial charge in [0.25, 0.3) is 5.91 Å². The number of carbonyl (C=O) groups is 5. The Morgan fingerprint density at radius 3 is 1.91 bits per heavy atom. The van der Waals surface area contributed by atoms with Crippen LogP contribution in [-0.4, -0.2) is 165 Å². The summed E-state index contributed by atoms with van der Waals surface area (Å²) in [6.07, 6.45) is -0.730. The van der Waals surface area contributed by atoms with Crippen molar-refractivity contribution >= 4 is 29.9 Å². The lowest BCUT2D eigenvalue weighted by Crippen LogP contribution is -2.50. The number of benzene rings is 1. The first kappa shape index (κ1) is 68.0. The van der Waals surface area contributed by atoms with Crippen molar-refractivity contribution in [2.24, 2.45) is 5.73 Å². The number of hydrogen-bond acceptors (Lipinski definition) is 17. The molecule has 438 valence electrons. The van der Waals surface area contributed by atoms with Crippen LogP contribution in [0.1, 0.15) is 163 Å². The number of nitrogens with one attached hydrogen (secondary N) is 4. The topological polar surface area (TPSA) is 283 Å². The molecule has 1 fully saturated rings. The van der Waals surface area contributed by atoms with Gasteiger partial charge in [0.1, 0.15) is 31.3 Å². The first-order valence-electron chi connectivity index (χ1n) is 26.4. The fourth-order valence-corrected chi connectivity index (χ4v) is 7.55. The number of amides is 3. The number of unbranched alkanes of at least 4 members (excludes halogenated alkanes) is 1. The van der Waals surface area contributed by atoms with Crippen molar-refractivity contribution in [2.75, 3.05) is 66.4 Å². The highest BCUT2D eigenvalue weighted by atomic mass is 19.1. The number of carboxylic acids is 1. The van der Waals surface area contributed by atoms with Crippen molar-refractivity contribution in [1.82, 2.24) is 21.3 Å². The van der Waals surface area contributed by atoms with E-state index in [1.165, 1.54) is 18.2 Å².